The Balaban J connectivity index is 0. The fourth-order valence-electron chi connectivity index (χ4n) is 2.65. The molecular weight excluding hydrogens is 369 g/mol. The van der Waals surface area contributed by atoms with Gasteiger partial charge in [0.05, 0.1) is 0 Å². The minimum absolute atomic E-state index is 0. The van der Waals surface area contributed by atoms with Gasteiger partial charge in [-0.1, -0.05) is 70.4 Å². The van der Waals surface area contributed by atoms with Crippen LogP contribution in [0.5, 0.6) is 0 Å². The van der Waals surface area contributed by atoms with E-state index < -0.39 is 18.0 Å². The second-order valence-corrected chi connectivity index (χ2v) is 7.28. The monoisotopic (exact) mass is 409 g/mol. The number of allylic oxidation sites excluding steroid dienone is 2. The van der Waals surface area contributed by atoms with Gasteiger partial charge in [0.25, 0.3) is 0 Å². The summed E-state index contributed by atoms with van der Waals surface area (Å²) in [7, 11) is 0. The van der Waals surface area contributed by atoms with Crippen LogP contribution in [-0.4, -0.2) is 53.3 Å². The Morgan fingerprint density at radius 1 is 0.889 bits per heavy atom. The first kappa shape index (κ1) is 29.4. The van der Waals surface area contributed by atoms with Crippen LogP contribution in [0.1, 0.15) is 96.8 Å². The number of carbonyl (C=O) groups is 2. The third-order valence-electron chi connectivity index (χ3n) is 4.36. The molecule has 0 saturated heterocycles. The minimum atomic E-state index is -0.823. The van der Waals surface area contributed by atoms with E-state index in [0.717, 1.165) is 25.7 Å². The molecule has 154 valence electrons. The molecule has 0 aromatic carbocycles. The molecule has 0 bridgehead atoms. The summed E-state index contributed by atoms with van der Waals surface area (Å²) in [5.41, 5.74) is 5.44. The van der Waals surface area contributed by atoms with E-state index >= 15 is 0 Å². The van der Waals surface area contributed by atoms with Gasteiger partial charge in [0.2, 0.25) is 0 Å². The molecule has 0 saturated carbocycles. The van der Waals surface area contributed by atoms with Gasteiger partial charge in [-0.15, -0.1) is 0 Å². The van der Waals surface area contributed by atoms with Crippen LogP contribution in [0.15, 0.2) is 12.2 Å². The van der Waals surface area contributed by atoms with Gasteiger partial charge in [0.15, 0.2) is 0 Å². The van der Waals surface area contributed by atoms with Crippen LogP contribution < -0.4 is 5.73 Å². The van der Waals surface area contributed by atoms with Crippen LogP contribution in [0.2, 0.25) is 0 Å². The molecule has 0 radical (unpaired) electrons. The maximum atomic E-state index is 11.5. The SMILES string of the molecule is CCCCCCCC/C=C\CCCCCCCC(=O)OC(=O)C(N)CS.[NaH]. The summed E-state index contributed by atoms with van der Waals surface area (Å²) >= 11 is 3.90. The van der Waals surface area contributed by atoms with E-state index in [4.69, 9.17) is 5.73 Å². The van der Waals surface area contributed by atoms with Crippen molar-refractivity contribution in [3.63, 3.8) is 0 Å². The summed E-state index contributed by atoms with van der Waals surface area (Å²) in [5.74, 6) is -0.984. The molecule has 0 heterocycles. The Morgan fingerprint density at radius 3 is 1.89 bits per heavy atom. The van der Waals surface area contributed by atoms with Crippen molar-refractivity contribution in [3.8, 4) is 0 Å². The number of hydrogen-bond acceptors (Lipinski definition) is 5. The predicted octanol–water partition coefficient (Wildman–Crippen LogP) is 4.70. The Morgan fingerprint density at radius 2 is 1.37 bits per heavy atom. The summed E-state index contributed by atoms with van der Waals surface area (Å²) in [5, 5.41) is 0. The van der Waals surface area contributed by atoms with E-state index in [9.17, 15) is 9.59 Å². The summed E-state index contributed by atoms with van der Waals surface area (Å²) in [4.78, 5) is 22.8. The Bertz CT molecular complexity index is 392. The summed E-state index contributed by atoms with van der Waals surface area (Å²) in [6.07, 6.45) is 20.6. The van der Waals surface area contributed by atoms with Crippen molar-refractivity contribution in [2.45, 2.75) is 103 Å². The molecule has 0 aliphatic heterocycles. The van der Waals surface area contributed by atoms with Gasteiger partial charge < -0.3 is 10.5 Å². The fraction of sp³-hybridized carbons (Fsp3) is 0.810. The zero-order valence-corrected chi connectivity index (χ0v) is 17.5. The molecule has 0 fully saturated rings. The second kappa shape index (κ2) is 22.5. The van der Waals surface area contributed by atoms with Gasteiger partial charge in [-0.05, 0) is 32.1 Å². The van der Waals surface area contributed by atoms with Gasteiger partial charge >= 0.3 is 41.5 Å². The van der Waals surface area contributed by atoms with Crippen molar-refractivity contribution in [2.75, 3.05) is 5.75 Å². The van der Waals surface area contributed by atoms with Crippen LogP contribution in [-0.2, 0) is 14.3 Å². The molecule has 2 N–H and O–H groups in total. The maximum absolute atomic E-state index is 11.5. The summed E-state index contributed by atoms with van der Waals surface area (Å²) in [6, 6.07) is -0.823. The first-order valence-corrected chi connectivity index (χ1v) is 11.0. The van der Waals surface area contributed by atoms with Crippen LogP contribution in [0.3, 0.4) is 0 Å². The molecule has 1 unspecified atom stereocenters. The molecular formula is C21H40NNaO3S. The fourth-order valence-corrected chi connectivity index (χ4v) is 2.80. The normalized spacial score (nSPS) is 12.0. The molecule has 0 aliphatic carbocycles. The molecule has 1 atom stereocenters. The average molecular weight is 410 g/mol. The van der Waals surface area contributed by atoms with E-state index in [-0.39, 0.29) is 41.7 Å². The summed E-state index contributed by atoms with van der Waals surface area (Å²) < 4.78 is 4.66. The number of rotatable bonds is 17. The summed E-state index contributed by atoms with van der Waals surface area (Å²) in [6.45, 7) is 2.25. The van der Waals surface area contributed by atoms with Crippen molar-refractivity contribution in [3.05, 3.63) is 12.2 Å². The standard InChI is InChI=1S/C21H39NO3S.Na.H/c1-2-3-4-5-6-7-8-9-10-11-12-13-14-15-16-17-20(23)25-21(24)19(22)18-26;;/h9-10,19,26H,2-8,11-18,22H2,1H3;;/b10-9-;;. The Labute approximate surface area is 194 Å². The number of unbranched alkanes of at least 4 members (excludes halogenated alkanes) is 11. The number of hydrogen-bond donors (Lipinski definition) is 2. The topological polar surface area (TPSA) is 69.4 Å². The van der Waals surface area contributed by atoms with Crippen LogP contribution >= 0.6 is 12.6 Å². The number of ether oxygens (including phenoxy) is 1. The number of thiol groups is 1. The van der Waals surface area contributed by atoms with Crippen molar-refractivity contribution < 1.29 is 14.3 Å². The van der Waals surface area contributed by atoms with E-state index in [1.165, 1.54) is 57.8 Å². The van der Waals surface area contributed by atoms with E-state index in [1.807, 2.05) is 0 Å². The molecule has 0 amide bonds. The van der Waals surface area contributed by atoms with Gasteiger partial charge in [0, 0.05) is 12.2 Å². The molecule has 0 rings (SSSR count). The first-order chi connectivity index (χ1) is 12.6. The number of nitrogens with two attached hydrogens (primary N) is 1. The van der Waals surface area contributed by atoms with Crippen molar-refractivity contribution in [2.24, 2.45) is 5.73 Å². The van der Waals surface area contributed by atoms with Gasteiger partial charge in [0.1, 0.15) is 6.04 Å². The zero-order chi connectivity index (χ0) is 19.5. The first-order valence-electron chi connectivity index (χ1n) is 10.4. The third-order valence-corrected chi connectivity index (χ3v) is 4.75. The quantitative estimate of drug-likeness (QED) is 0.0912. The number of carbonyl (C=O) groups excluding carboxylic acids is 2. The zero-order valence-electron chi connectivity index (χ0n) is 16.6. The van der Waals surface area contributed by atoms with Crippen molar-refractivity contribution in [1.29, 1.82) is 0 Å². The van der Waals surface area contributed by atoms with E-state index in [1.54, 1.807) is 0 Å². The Kier molecular flexibility index (Phi) is 24.5. The molecule has 6 heteroatoms. The molecule has 27 heavy (non-hydrogen) atoms. The molecule has 0 aromatic rings. The Hall–Kier alpha value is 0.190. The molecule has 0 aromatic heterocycles. The predicted molar refractivity (Wildman–Crippen MR) is 120 cm³/mol. The van der Waals surface area contributed by atoms with Gasteiger partial charge in [-0.25, -0.2) is 4.79 Å². The average Bonchev–Trinajstić information content (AvgIpc) is 2.64. The van der Waals surface area contributed by atoms with Crippen LogP contribution in [0.25, 0.3) is 0 Å². The van der Waals surface area contributed by atoms with Crippen LogP contribution in [0, 0.1) is 0 Å². The molecule has 4 nitrogen and oxygen atoms in total. The van der Waals surface area contributed by atoms with E-state index in [2.05, 4.69) is 36.4 Å². The molecule has 0 aliphatic rings. The van der Waals surface area contributed by atoms with Gasteiger partial charge in [-0.2, -0.15) is 12.6 Å². The van der Waals surface area contributed by atoms with Crippen molar-refractivity contribution >= 4 is 54.1 Å². The molecule has 0 spiro atoms. The van der Waals surface area contributed by atoms with Gasteiger partial charge in [-0.3, -0.25) is 4.79 Å². The van der Waals surface area contributed by atoms with Crippen molar-refractivity contribution in [1.82, 2.24) is 0 Å². The number of esters is 2. The van der Waals surface area contributed by atoms with Crippen LogP contribution in [0.4, 0.5) is 0 Å². The van der Waals surface area contributed by atoms with E-state index in [0.29, 0.717) is 0 Å². The second-order valence-electron chi connectivity index (χ2n) is 6.92. The third kappa shape index (κ3) is 20.7.